The van der Waals surface area contributed by atoms with Crippen molar-refractivity contribution < 1.29 is 0 Å². The normalized spacial score (nSPS) is 21.3. The third-order valence-corrected chi connectivity index (χ3v) is 5.25. The lowest BCUT2D eigenvalue weighted by Crippen LogP contribution is -1.99. The van der Waals surface area contributed by atoms with Gasteiger partial charge < -0.3 is 0 Å². The molecule has 0 bridgehead atoms. The number of allylic oxidation sites excluding steroid dienone is 5. The van der Waals surface area contributed by atoms with E-state index in [9.17, 15) is 0 Å². The summed E-state index contributed by atoms with van der Waals surface area (Å²) >= 11 is 0. The summed E-state index contributed by atoms with van der Waals surface area (Å²) in [6, 6.07) is 6.84. The van der Waals surface area contributed by atoms with Gasteiger partial charge in [0, 0.05) is 0 Å². The maximum atomic E-state index is 2.57. The molecule has 0 nitrogen and oxygen atoms in total. The molecule has 0 unspecified atom stereocenters. The Morgan fingerprint density at radius 1 is 0.905 bits per heavy atom. The van der Waals surface area contributed by atoms with Crippen LogP contribution in [0.25, 0.3) is 6.08 Å². The van der Waals surface area contributed by atoms with E-state index in [4.69, 9.17) is 0 Å². The first-order chi connectivity index (χ1) is 10.4. The van der Waals surface area contributed by atoms with Crippen LogP contribution < -0.4 is 0 Å². The van der Waals surface area contributed by atoms with Gasteiger partial charge in [0.1, 0.15) is 0 Å². The van der Waals surface area contributed by atoms with Crippen LogP contribution in [0.2, 0.25) is 0 Å². The van der Waals surface area contributed by atoms with E-state index in [1.165, 1.54) is 61.6 Å². The molecule has 0 amide bonds. The van der Waals surface area contributed by atoms with Crippen LogP contribution in [0.3, 0.4) is 0 Å². The number of fused-ring (bicyclic) bond motifs is 2. The van der Waals surface area contributed by atoms with Crippen LogP contribution in [0, 0.1) is 5.92 Å². The van der Waals surface area contributed by atoms with E-state index in [-0.39, 0.29) is 0 Å². The van der Waals surface area contributed by atoms with Crippen LogP contribution in [-0.2, 0) is 12.8 Å². The first-order valence-electron chi connectivity index (χ1n) is 8.59. The molecule has 0 heteroatoms. The number of hydrogen-bond donors (Lipinski definition) is 0. The van der Waals surface area contributed by atoms with Crippen LogP contribution in [0.4, 0.5) is 0 Å². The maximum Gasteiger partial charge on any atom is -0.000102 e. The number of hydrogen-bond acceptors (Lipinski definition) is 0. The summed E-state index contributed by atoms with van der Waals surface area (Å²) in [4.78, 5) is 0. The summed E-state index contributed by atoms with van der Waals surface area (Å²) in [5.41, 5.74) is 7.88. The Labute approximate surface area is 128 Å². The van der Waals surface area contributed by atoms with Crippen molar-refractivity contribution in [3.05, 3.63) is 64.3 Å². The Balaban J connectivity index is 1.56. The molecule has 21 heavy (non-hydrogen) atoms. The Kier molecular flexibility index (Phi) is 3.55. The number of benzene rings is 1. The molecule has 0 radical (unpaired) electrons. The fourth-order valence-electron chi connectivity index (χ4n) is 4.16. The summed E-state index contributed by atoms with van der Waals surface area (Å²) in [6.45, 7) is 0. The summed E-state index contributed by atoms with van der Waals surface area (Å²) in [6.07, 6.45) is 20.3. The molecule has 0 heterocycles. The second-order valence-corrected chi connectivity index (χ2v) is 6.76. The number of rotatable bonds is 2. The fraction of sp³-hybridized carbons (Fsp3) is 0.429. The van der Waals surface area contributed by atoms with Gasteiger partial charge in [-0.1, -0.05) is 55.3 Å². The van der Waals surface area contributed by atoms with Crippen molar-refractivity contribution in [1.29, 1.82) is 0 Å². The molecule has 1 fully saturated rings. The molecule has 108 valence electrons. The van der Waals surface area contributed by atoms with Gasteiger partial charge in [0.25, 0.3) is 0 Å². The average molecular weight is 276 g/mol. The smallest absolute Gasteiger partial charge is 0.000102 e. The maximum absolute atomic E-state index is 2.57. The first kappa shape index (κ1) is 13.1. The van der Waals surface area contributed by atoms with E-state index in [1.54, 1.807) is 11.1 Å². The van der Waals surface area contributed by atoms with Gasteiger partial charge in [-0.25, -0.2) is 0 Å². The van der Waals surface area contributed by atoms with Crippen molar-refractivity contribution in [3.8, 4) is 0 Å². The molecule has 1 aromatic carbocycles. The van der Waals surface area contributed by atoms with Gasteiger partial charge in [-0.15, -0.1) is 0 Å². The second kappa shape index (κ2) is 5.67. The molecule has 3 aliphatic carbocycles. The zero-order valence-electron chi connectivity index (χ0n) is 12.8. The minimum absolute atomic E-state index is 0.633. The lowest BCUT2D eigenvalue weighted by atomic mass is 9.94. The summed E-state index contributed by atoms with van der Waals surface area (Å²) < 4.78 is 0. The lowest BCUT2D eigenvalue weighted by molar-refractivity contribution is 0.615. The van der Waals surface area contributed by atoms with Gasteiger partial charge in [0.15, 0.2) is 0 Å². The molecule has 0 N–H and O–H groups in total. The SMILES string of the molecule is C1=Cc2c(cccc2CC2C=C3CCCCCCC3=C2)C1. The van der Waals surface area contributed by atoms with E-state index in [0.29, 0.717) is 5.92 Å². The average Bonchev–Trinajstić information content (AvgIpc) is 3.07. The first-order valence-corrected chi connectivity index (χ1v) is 8.59. The zero-order chi connectivity index (χ0) is 14.1. The van der Waals surface area contributed by atoms with Gasteiger partial charge in [-0.3, -0.25) is 0 Å². The van der Waals surface area contributed by atoms with Gasteiger partial charge >= 0.3 is 0 Å². The highest BCUT2D eigenvalue weighted by atomic mass is 14.2. The molecule has 0 aliphatic heterocycles. The third kappa shape index (κ3) is 2.64. The largest absolute Gasteiger partial charge is 0.0795 e. The fourth-order valence-corrected chi connectivity index (χ4v) is 4.16. The molecule has 0 aromatic heterocycles. The molecule has 1 aromatic rings. The van der Waals surface area contributed by atoms with Crippen molar-refractivity contribution >= 4 is 6.08 Å². The molecule has 3 aliphatic rings. The van der Waals surface area contributed by atoms with Crippen LogP contribution in [0.15, 0.2) is 47.6 Å². The van der Waals surface area contributed by atoms with Gasteiger partial charge in [-0.2, -0.15) is 0 Å². The van der Waals surface area contributed by atoms with Crippen LogP contribution in [0.5, 0.6) is 0 Å². The van der Waals surface area contributed by atoms with Crippen molar-refractivity contribution in [1.82, 2.24) is 0 Å². The molecular formula is C21H24. The Morgan fingerprint density at radius 2 is 1.67 bits per heavy atom. The quantitative estimate of drug-likeness (QED) is 0.656. The monoisotopic (exact) mass is 276 g/mol. The van der Waals surface area contributed by atoms with Crippen molar-refractivity contribution in [2.45, 2.75) is 51.4 Å². The van der Waals surface area contributed by atoms with E-state index in [2.05, 4.69) is 42.5 Å². The highest BCUT2D eigenvalue weighted by Gasteiger charge is 2.20. The van der Waals surface area contributed by atoms with Crippen LogP contribution >= 0.6 is 0 Å². The molecule has 0 spiro atoms. The van der Waals surface area contributed by atoms with E-state index >= 15 is 0 Å². The highest BCUT2D eigenvalue weighted by molar-refractivity contribution is 5.63. The van der Waals surface area contributed by atoms with Crippen molar-refractivity contribution in [3.63, 3.8) is 0 Å². The lowest BCUT2D eigenvalue weighted by Gasteiger charge is -2.12. The Hall–Kier alpha value is -1.56. The predicted molar refractivity (Wildman–Crippen MR) is 90.2 cm³/mol. The van der Waals surface area contributed by atoms with Crippen molar-refractivity contribution in [2.75, 3.05) is 0 Å². The molecule has 4 rings (SSSR count). The minimum atomic E-state index is 0.633. The standard InChI is InChI=1S/C21H24/c1-2-4-8-19-14-16(13-18(19)7-3-1)15-20-11-5-9-17-10-6-12-21(17)20/h5-6,9,11-14,16H,1-4,7-8,10,15H2. The predicted octanol–water partition coefficient (Wildman–Crippen LogP) is 5.64. The topological polar surface area (TPSA) is 0 Å². The Morgan fingerprint density at radius 3 is 2.43 bits per heavy atom. The van der Waals surface area contributed by atoms with Crippen LogP contribution in [-0.4, -0.2) is 0 Å². The molecule has 0 atom stereocenters. The van der Waals surface area contributed by atoms with Gasteiger partial charge in [0.05, 0.1) is 0 Å². The second-order valence-electron chi connectivity index (χ2n) is 6.76. The van der Waals surface area contributed by atoms with Crippen molar-refractivity contribution in [2.24, 2.45) is 5.92 Å². The zero-order valence-corrected chi connectivity index (χ0v) is 12.8. The van der Waals surface area contributed by atoms with E-state index < -0.39 is 0 Å². The summed E-state index contributed by atoms with van der Waals surface area (Å²) in [5, 5.41) is 0. The highest BCUT2D eigenvalue weighted by Crippen LogP contribution is 2.36. The summed E-state index contributed by atoms with van der Waals surface area (Å²) in [5.74, 6) is 0.633. The van der Waals surface area contributed by atoms with Crippen LogP contribution in [0.1, 0.15) is 55.2 Å². The van der Waals surface area contributed by atoms with E-state index in [1.807, 2.05) is 0 Å². The van der Waals surface area contributed by atoms with Gasteiger partial charge in [-0.05, 0) is 72.3 Å². The molecule has 0 saturated heterocycles. The minimum Gasteiger partial charge on any atom is -0.0795 e. The molecule has 1 saturated carbocycles. The van der Waals surface area contributed by atoms with E-state index in [0.717, 1.165) is 6.42 Å². The third-order valence-electron chi connectivity index (χ3n) is 5.25. The summed E-state index contributed by atoms with van der Waals surface area (Å²) in [7, 11) is 0. The Bertz CT molecular complexity index is 603. The molecular weight excluding hydrogens is 252 g/mol. The van der Waals surface area contributed by atoms with Gasteiger partial charge in [0.2, 0.25) is 0 Å².